The average molecular weight is 434 g/mol. The van der Waals surface area contributed by atoms with E-state index in [1.165, 1.54) is 6.08 Å². The van der Waals surface area contributed by atoms with Gasteiger partial charge < -0.3 is 10.2 Å². The number of carbonyl (C=O) groups is 1. The van der Waals surface area contributed by atoms with Gasteiger partial charge in [-0.25, -0.2) is 0 Å². The molecular formula is C18H19BrCl2O3. The first-order valence-electron chi connectivity index (χ1n) is 7.89. The lowest BCUT2D eigenvalue weighted by Gasteiger charge is -2.13. The van der Waals surface area contributed by atoms with Gasteiger partial charge in [0.2, 0.25) is 0 Å². The van der Waals surface area contributed by atoms with Crippen LogP contribution in [0.25, 0.3) is 0 Å². The number of hydrogen-bond acceptors (Lipinski definition) is 3. The number of aromatic hydroxyl groups is 2. The van der Waals surface area contributed by atoms with Crippen molar-refractivity contribution in [2.45, 2.75) is 45.4 Å². The van der Waals surface area contributed by atoms with Crippen molar-refractivity contribution in [2.24, 2.45) is 0 Å². The van der Waals surface area contributed by atoms with Gasteiger partial charge in [0.15, 0.2) is 5.78 Å². The Morgan fingerprint density at radius 2 is 1.92 bits per heavy atom. The second-order valence-electron chi connectivity index (χ2n) is 5.83. The standard InChI is InChI=1S/C18H19BrCl2O3/c1-2-3-4-5-6-10-7-12(19)18(24)15(16(10)22)17(23)11-8-13(20)14(21)9-11/h7-8,22,24H,2-6,9H2,1H3. The number of phenols is 2. The van der Waals surface area contributed by atoms with E-state index in [2.05, 4.69) is 22.9 Å². The van der Waals surface area contributed by atoms with Crippen LogP contribution in [0.3, 0.4) is 0 Å². The van der Waals surface area contributed by atoms with E-state index < -0.39 is 5.78 Å². The third-order valence-electron chi connectivity index (χ3n) is 4.03. The van der Waals surface area contributed by atoms with Crippen molar-refractivity contribution in [2.75, 3.05) is 0 Å². The van der Waals surface area contributed by atoms with Gasteiger partial charge >= 0.3 is 0 Å². The normalized spacial score (nSPS) is 14.2. The van der Waals surface area contributed by atoms with E-state index in [9.17, 15) is 15.0 Å². The van der Waals surface area contributed by atoms with Crippen LogP contribution in [0.15, 0.2) is 32.3 Å². The Balaban J connectivity index is 2.31. The zero-order valence-electron chi connectivity index (χ0n) is 13.3. The van der Waals surface area contributed by atoms with Gasteiger partial charge in [-0.1, -0.05) is 49.4 Å². The highest BCUT2D eigenvalue weighted by Gasteiger charge is 2.27. The molecule has 3 nitrogen and oxygen atoms in total. The molecule has 0 unspecified atom stereocenters. The van der Waals surface area contributed by atoms with Crippen molar-refractivity contribution in [3.8, 4) is 11.5 Å². The number of halogens is 3. The van der Waals surface area contributed by atoms with Crippen LogP contribution in [0.4, 0.5) is 0 Å². The highest BCUT2D eigenvalue weighted by molar-refractivity contribution is 9.10. The van der Waals surface area contributed by atoms with E-state index in [1.54, 1.807) is 6.07 Å². The Morgan fingerprint density at radius 3 is 2.50 bits per heavy atom. The molecule has 6 heteroatoms. The fourth-order valence-corrected chi connectivity index (χ4v) is 3.54. The van der Waals surface area contributed by atoms with Crippen molar-refractivity contribution in [1.82, 2.24) is 0 Å². The highest BCUT2D eigenvalue weighted by Crippen LogP contribution is 2.41. The second-order valence-corrected chi connectivity index (χ2v) is 7.55. The van der Waals surface area contributed by atoms with Gasteiger partial charge in [-0.2, -0.15) is 0 Å². The molecule has 1 aliphatic rings. The van der Waals surface area contributed by atoms with Crippen LogP contribution >= 0.6 is 39.1 Å². The number of aryl methyl sites for hydroxylation is 1. The Labute approximate surface area is 160 Å². The van der Waals surface area contributed by atoms with E-state index in [1.807, 2.05) is 0 Å². The zero-order valence-corrected chi connectivity index (χ0v) is 16.4. The topological polar surface area (TPSA) is 57.5 Å². The fraction of sp³-hybridized carbons (Fsp3) is 0.389. The van der Waals surface area contributed by atoms with Crippen molar-refractivity contribution >= 4 is 44.9 Å². The maximum Gasteiger partial charge on any atom is 0.196 e. The fourth-order valence-electron chi connectivity index (χ4n) is 2.67. The summed E-state index contributed by atoms with van der Waals surface area (Å²) in [7, 11) is 0. The largest absolute Gasteiger partial charge is 0.507 e. The summed E-state index contributed by atoms with van der Waals surface area (Å²) in [5.74, 6) is -0.901. The molecule has 1 aromatic carbocycles. The first-order valence-corrected chi connectivity index (χ1v) is 9.44. The number of unbranched alkanes of at least 4 members (excludes halogenated alkanes) is 3. The highest BCUT2D eigenvalue weighted by atomic mass is 79.9. The molecule has 1 aliphatic carbocycles. The summed E-state index contributed by atoms with van der Waals surface area (Å²) in [6, 6.07) is 1.66. The number of rotatable bonds is 7. The molecular weight excluding hydrogens is 415 g/mol. The van der Waals surface area contributed by atoms with E-state index in [0.717, 1.165) is 25.7 Å². The SMILES string of the molecule is CCCCCCc1cc(Br)c(O)c(C(=O)C2=CC(Cl)=C(Cl)C2)c1O. The lowest BCUT2D eigenvalue weighted by atomic mass is 9.96. The van der Waals surface area contributed by atoms with Gasteiger partial charge in [-0.05, 0) is 46.5 Å². The minimum Gasteiger partial charge on any atom is -0.507 e. The molecule has 1 aromatic rings. The molecule has 0 aliphatic heterocycles. The molecule has 0 radical (unpaired) electrons. The lowest BCUT2D eigenvalue weighted by molar-refractivity contribution is 0.102. The van der Waals surface area contributed by atoms with Gasteiger partial charge in [0.25, 0.3) is 0 Å². The van der Waals surface area contributed by atoms with Gasteiger partial charge in [-0.15, -0.1) is 0 Å². The second kappa shape index (κ2) is 8.41. The van der Waals surface area contributed by atoms with Gasteiger partial charge in [-0.3, -0.25) is 4.79 Å². The molecule has 0 fully saturated rings. The number of phenolic OH excluding ortho intramolecular Hbond substituents is 2. The van der Waals surface area contributed by atoms with E-state index in [0.29, 0.717) is 32.1 Å². The molecule has 2 N–H and O–H groups in total. The Bertz CT molecular complexity index is 723. The molecule has 0 saturated heterocycles. The molecule has 130 valence electrons. The van der Waals surface area contributed by atoms with Crippen molar-refractivity contribution in [1.29, 1.82) is 0 Å². The number of hydrogen-bond donors (Lipinski definition) is 2. The number of benzene rings is 1. The number of allylic oxidation sites excluding steroid dienone is 4. The summed E-state index contributed by atoms with van der Waals surface area (Å²) in [5.41, 5.74) is 0.894. The minimum absolute atomic E-state index is 0.100. The first kappa shape index (κ1) is 19.4. The average Bonchev–Trinajstić information content (AvgIpc) is 2.88. The number of carbonyl (C=O) groups excluding carboxylic acids is 1. The van der Waals surface area contributed by atoms with E-state index >= 15 is 0 Å². The van der Waals surface area contributed by atoms with Crippen molar-refractivity contribution in [3.63, 3.8) is 0 Å². The van der Waals surface area contributed by atoms with Crippen LogP contribution in [-0.2, 0) is 6.42 Å². The van der Waals surface area contributed by atoms with Crippen LogP contribution in [0.5, 0.6) is 11.5 Å². The molecule has 0 amide bonds. The van der Waals surface area contributed by atoms with Crippen LogP contribution in [0, 0.1) is 0 Å². The van der Waals surface area contributed by atoms with E-state index in [4.69, 9.17) is 23.2 Å². The molecule has 0 spiro atoms. The summed E-state index contributed by atoms with van der Waals surface area (Å²) in [6.45, 7) is 2.13. The van der Waals surface area contributed by atoms with Crippen LogP contribution in [0.1, 0.15) is 54.9 Å². The predicted octanol–water partition coefficient (Wildman–Crippen LogP) is 6.19. The first-order chi connectivity index (χ1) is 11.4. The van der Waals surface area contributed by atoms with Crippen LogP contribution in [-0.4, -0.2) is 16.0 Å². The molecule has 0 bridgehead atoms. The molecule has 0 atom stereocenters. The summed E-state index contributed by atoms with van der Waals surface area (Å²) >= 11 is 15.1. The van der Waals surface area contributed by atoms with Crippen LogP contribution < -0.4 is 0 Å². The van der Waals surface area contributed by atoms with Crippen molar-refractivity contribution in [3.05, 3.63) is 43.4 Å². The predicted molar refractivity (Wildman–Crippen MR) is 101 cm³/mol. The molecule has 2 rings (SSSR count). The maximum atomic E-state index is 12.7. The van der Waals surface area contributed by atoms with E-state index in [-0.39, 0.29) is 23.5 Å². The zero-order chi connectivity index (χ0) is 17.9. The van der Waals surface area contributed by atoms with Gasteiger partial charge in [0, 0.05) is 17.0 Å². The Kier molecular flexibility index (Phi) is 6.79. The lowest BCUT2D eigenvalue weighted by Crippen LogP contribution is -2.05. The molecule has 0 saturated carbocycles. The Hall–Kier alpha value is -0.970. The summed E-state index contributed by atoms with van der Waals surface area (Å²) in [4.78, 5) is 12.7. The summed E-state index contributed by atoms with van der Waals surface area (Å²) < 4.78 is 0.387. The quantitative estimate of drug-likeness (QED) is 0.398. The number of Topliss-reactive ketones (excluding diaryl/α,β-unsaturated/α-hetero) is 1. The molecule has 24 heavy (non-hydrogen) atoms. The maximum absolute atomic E-state index is 12.7. The van der Waals surface area contributed by atoms with Gasteiger partial charge in [0.05, 0.1) is 9.51 Å². The molecule has 0 heterocycles. The molecule has 0 aromatic heterocycles. The summed E-state index contributed by atoms with van der Waals surface area (Å²) in [5, 5.41) is 21.4. The third kappa shape index (κ3) is 4.16. The monoisotopic (exact) mass is 432 g/mol. The summed E-state index contributed by atoms with van der Waals surface area (Å²) in [6.07, 6.45) is 6.54. The Morgan fingerprint density at radius 1 is 1.21 bits per heavy atom. The minimum atomic E-state index is -0.463. The number of ketones is 1. The smallest absolute Gasteiger partial charge is 0.196 e. The third-order valence-corrected chi connectivity index (χ3v) is 5.40. The van der Waals surface area contributed by atoms with Crippen LogP contribution in [0.2, 0.25) is 0 Å². The van der Waals surface area contributed by atoms with Crippen molar-refractivity contribution < 1.29 is 15.0 Å². The van der Waals surface area contributed by atoms with Gasteiger partial charge in [0.1, 0.15) is 17.1 Å².